The summed E-state index contributed by atoms with van der Waals surface area (Å²) in [6.45, 7) is 1.46. The molecule has 1 aliphatic rings. The molecular weight excluding hydrogens is 140 g/mol. The van der Waals surface area contributed by atoms with Gasteiger partial charge in [-0.3, -0.25) is 0 Å². The molecule has 1 heterocycles. The maximum absolute atomic E-state index is 10.3. The van der Waals surface area contributed by atoms with Crippen LogP contribution in [0.4, 0.5) is 4.79 Å². The minimum atomic E-state index is -1.18. The number of carboxylic acid groups (broad SMARTS) is 1. The van der Waals surface area contributed by atoms with E-state index in [0.29, 0.717) is 0 Å². The first-order chi connectivity index (χ1) is 4.61. The average Bonchev–Trinajstić information content (AvgIpc) is 2.10. The summed E-state index contributed by atoms with van der Waals surface area (Å²) < 4.78 is 8.67. The van der Waals surface area contributed by atoms with Gasteiger partial charge in [0.05, 0.1) is 0 Å². The normalized spacial score (nSPS) is 31.1. The van der Waals surface area contributed by atoms with Gasteiger partial charge in [0, 0.05) is 0 Å². The second-order valence-corrected chi connectivity index (χ2v) is 1.95. The largest absolute Gasteiger partial charge is 0.509 e. The highest BCUT2D eigenvalue weighted by Gasteiger charge is 2.38. The van der Waals surface area contributed by atoms with Gasteiger partial charge in [-0.05, 0) is 6.92 Å². The molecule has 1 fully saturated rings. The summed E-state index contributed by atoms with van der Waals surface area (Å²) in [7, 11) is 0. The third-order valence-corrected chi connectivity index (χ3v) is 1.18. The number of aliphatic carboxylic acids is 1. The minimum Gasteiger partial charge on any atom is -0.478 e. The highest BCUT2D eigenvalue weighted by molar-refractivity contribution is 5.78. The monoisotopic (exact) mass is 146 g/mol. The maximum atomic E-state index is 10.3. The molecule has 1 saturated heterocycles. The van der Waals surface area contributed by atoms with E-state index in [9.17, 15) is 9.59 Å². The van der Waals surface area contributed by atoms with Crippen LogP contribution in [0.3, 0.4) is 0 Å². The molecule has 0 bridgehead atoms. The second-order valence-electron chi connectivity index (χ2n) is 1.95. The van der Waals surface area contributed by atoms with E-state index < -0.39 is 24.3 Å². The van der Waals surface area contributed by atoms with Gasteiger partial charge in [-0.2, -0.15) is 0 Å². The van der Waals surface area contributed by atoms with Gasteiger partial charge < -0.3 is 14.6 Å². The van der Waals surface area contributed by atoms with E-state index in [-0.39, 0.29) is 0 Å². The molecule has 0 radical (unpaired) electrons. The Balaban J connectivity index is 2.63. The summed E-state index contributed by atoms with van der Waals surface area (Å²) in [5, 5.41) is 8.34. The predicted octanol–water partition coefficient (Wildman–Crippen LogP) is -0.00510. The van der Waals surface area contributed by atoms with E-state index in [4.69, 9.17) is 5.11 Å². The molecule has 2 atom stereocenters. The Morgan fingerprint density at radius 3 is 2.40 bits per heavy atom. The number of hydrogen-bond donors (Lipinski definition) is 1. The van der Waals surface area contributed by atoms with Crippen molar-refractivity contribution in [3.8, 4) is 0 Å². The molecule has 2 unspecified atom stereocenters. The highest BCUT2D eigenvalue weighted by Crippen LogP contribution is 2.13. The van der Waals surface area contributed by atoms with Gasteiger partial charge in [-0.25, -0.2) is 9.59 Å². The average molecular weight is 146 g/mol. The lowest BCUT2D eigenvalue weighted by atomic mass is 10.2. The molecule has 56 valence electrons. The Morgan fingerprint density at radius 2 is 2.20 bits per heavy atom. The van der Waals surface area contributed by atoms with Crippen molar-refractivity contribution in [3.63, 3.8) is 0 Å². The van der Waals surface area contributed by atoms with Crippen molar-refractivity contribution in [1.29, 1.82) is 0 Å². The fourth-order valence-electron chi connectivity index (χ4n) is 0.692. The second kappa shape index (κ2) is 2.17. The lowest BCUT2D eigenvalue weighted by Crippen LogP contribution is -2.28. The Bertz CT molecular complexity index is 175. The van der Waals surface area contributed by atoms with Gasteiger partial charge in [-0.15, -0.1) is 0 Å². The van der Waals surface area contributed by atoms with Crippen molar-refractivity contribution in [1.82, 2.24) is 0 Å². The van der Waals surface area contributed by atoms with Crippen LogP contribution in [-0.2, 0) is 14.3 Å². The smallest absolute Gasteiger partial charge is 0.478 e. The zero-order valence-corrected chi connectivity index (χ0v) is 5.23. The third kappa shape index (κ3) is 1.02. The summed E-state index contributed by atoms with van der Waals surface area (Å²) in [6.07, 6.45) is -2.75. The predicted molar refractivity (Wildman–Crippen MR) is 28.5 cm³/mol. The van der Waals surface area contributed by atoms with Gasteiger partial charge in [0.15, 0.2) is 6.10 Å². The lowest BCUT2D eigenvalue weighted by Gasteiger charge is -2.02. The van der Waals surface area contributed by atoms with Crippen LogP contribution >= 0.6 is 0 Å². The van der Waals surface area contributed by atoms with Gasteiger partial charge in [0.1, 0.15) is 0 Å². The van der Waals surface area contributed by atoms with Crippen molar-refractivity contribution in [2.75, 3.05) is 0 Å². The van der Waals surface area contributed by atoms with Gasteiger partial charge >= 0.3 is 12.1 Å². The fraction of sp³-hybridized carbons (Fsp3) is 0.600. The first-order valence-corrected chi connectivity index (χ1v) is 2.71. The van der Waals surface area contributed by atoms with Crippen LogP contribution in [0.2, 0.25) is 0 Å². The number of carbonyl (C=O) groups excluding carboxylic acids is 1. The van der Waals surface area contributed by atoms with Crippen molar-refractivity contribution >= 4 is 12.1 Å². The molecule has 10 heavy (non-hydrogen) atoms. The molecule has 0 aromatic heterocycles. The quantitative estimate of drug-likeness (QED) is 0.527. The topological polar surface area (TPSA) is 72.8 Å². The number of hydrogen-bond acceptors (Lipinski definition) is 4. The van der Waals surface area contributed by atoms with Crippen molar-refractivity contribution in [2.45, 2.75) is 19.1 Å². The Kier molecular flexibility index (Phi) is 1.48. The van der Waals surface area contributed by atoms with E-state index in [0.717, 1.165) is 0 Å². The standard InChI is InChI=1S/C5H6O5/c1-2-3(4(6)7)10-5(8)9-2/h2-3H,1H3,(H,6,7). The molecule has 0 saturated carbocycles. The molecule has 5 nitrogen and oxygen atoms in total. The summed E-state index contributed by atoms with van der Waals surface area (Å²) in [6, 6.07) is 0. The van der Waals surface area contributed by atoms with E-state index in [1.165, 1.54) is 6.92 Å². The van der Waals surface area contributed by atoms with E-state index in [2.05, 4.69) is 9.47 Å². The van der Waals surface area contributed by atoms with Crippen LogP contribution in [0.1, 0.15) is 6.92 Å². The molecule has 1 N–H and O–H groups in total. The van der Waals surface area contributed by atoms with E-state index >= 15 is 0 Å². The maximum Gasteiger partial charge on any atom is 0.509 e. The van der Waals surface area contributed by atoms with Crippen LogP contribution in [0.15, 0.2) is 0 Å². The number of carbonyl (C=O) groups is 2. The van der Waals surface area contributed by atoms with Crippen LogP contribution in [-0.4, -0.2) is 29.4 Å². The van der Waals surface area contributed by atoms with Crippen molar-refractivity contribution in [2.24, 2.45) is 0 Å². The van der Waals surface area contributed by atoms with Gasteiger partial charge in [-0.1, -0.05) is 0 Å². The van der Waals surface area contributed by atoms with Gasteiger partial charge in [0.25, 0.3) is 0 Å². The van der Waals surface area contributed by atoms with Crippen molar-refractivity contribution in [3.05, 3.63) is 0 Å². The summed E-state index contributed by atoms with van der Waals surface area (Å²) >= 11 is 0. The molecule has 5 heteroatoms. The Labute approximate surface area is 56.5 Å². The van der Waals surface area contributed by atoms with Crippen LogP contribution in [0, 0.1) is 0 Å². The number of ether oxygens (including phenoxy) is 2. The third-order valence-electron chi connectivity index (χ3n) is 1.18. The zero-order valence-electron chi connectivity index (χ0n) is 5.23. The summed E-state index contributed by atoms with van der Waals surface area (Å²) in [4.78, 5) is 20.5. The molecular formula is C5H6O5. The molecule has 1 aliphatic heterocycles. The highest BCUT2D eigenvalue weighted by atomic mass is 16.8. The molecule has 0 aromatic carbocycles. The molecule has 0 aromatic rings. The summed E-state index contributed by atoms with van der Waals surface area (Å²) in [5.41, 5.74) is 0. The van der Waals surface area contributed by atoms with Crippen LogP contribution in [0.25, 0.3) is 0 Å². The van der Waals surface area contributed by atoms with E-state index in [1.54, 1.807) is 0 Å². The van der Waals surface area contributed by atoms with Crippen LogP contribution in [0.5, 0.6) is 0 Å². The lowest BCUT2D eigenvalue weighted by molar-refractivity contribution is -0.146. The fourth-order valence-corrected chi connectivity index (χ4v) is 0.692. The number of cyclic esters (lactones) is 2. The minimum absolute atomic E-state index is 0.690. The number of rotatable bonds is 1. The molecule has 0 aliphatic carbocycles. The Morgan fingerprint density at radius 1 is 1.60 bits per heavy atom. The summed E-state index contributed by atoms with van der Waals surface area (Å²) in [5.74, 6) is -1.18. The first kappa shape index (κ1) is 6.85. The first-order valence-electron chi connectivity index (χ1n) is 2.71. The van der Waals surface area contributed by atoms with Gasteiger partial charge in [0.2, 0.25) is 6.10 Å². The Hall–Kier alpha value is -1.26. The van der Waals surface area contributed by atoms with E-state index in [1.807, 2.05) is 0 Å². The zero-order chi connectivity index (χ0) is 7.72. The molecule has 0 spiro atoms. The SMILES string of the molecule is CC1OC(=O)OC1C(=O)O. The van der Waals surface area contributed by atoms with Crippen molar-refractivity contribution < 1.29 is 24.2 Å². The molecule has 0 amide bonds. The molecule has 1 rings (SSSR count). The number of carboxylic acids is 1. The van der Waals surface area contributed by atoms with Crippen LogP contribution < -0.4 is 0 Å².